The molecule has 1 rings (SSSR count). The zero-order valence-electron chi connectivity index (χ0n) is 12.7. The lowest BCUT2D eigenvalue weighted by atomic mass is 10.0. The van der Waals surface area contributed by atoms with E-state index in [9.17, 15) is 4.79 Å². The van der Waals surface area contributed by atoms with Crippen LogP contribution < -0.4 is 0 Å². The maximum absolute atomic E-state index is 12.0. The average molecular weight is 256 g/mol. The first-order chi connectivity index (χ1) is 8.20. The summed E-state index contributed by atoms with van der Waals surface area (Å²) in [4.78, 5) is 16.2. The molecule has 0 radical (unpaired) electrons. The second-order valence-corrected chi connectivity index (χ2v) is 6.45. The van der Waals surface area contributed by atoms with Gasteiger partial charge in [0.15, 0.2) is 0 Å². The predicted molar refractivity (Wildman–Crippen MR) is 73.7 cm³/mol. The molecule has 1 aliphatic rings. The maximum atomic E-state index is 12.0. The van der Waals surface area contributed by atoms with Crippen LogP contribution in [0, 0.1) is 0 Å². The van der Waals surface area contributed by atoms with Crippen molar-refractivity contribution in [3.8, 4) is 0 Å². The standard InChI is InChI=1S/C14H28N2O2/c1-11(2)16-9-7-12(8-10-16)15(6)13(17)18-14(3,4)5/h11-12H,7-10H2,1-6H3. The zero-order valence-corrected chi connectivity index (χ0v) is 12.7. The van der Waals surface area contributed by atoms with Gasteiger partial charge in [-0.05, 0) is 47.5 Å². The van der Waals surface area contributed by atoms with Gasteiger partial charge < -0.3 is 14.5 Å². The first kappa shape index (κ1) is 15.3. The molecule has 0 aliphatic carbocycles. The third kappa shape index (κ3) is 4.48. The van der Waals surface area contributed by atoms with Crippen LogP contribution in [-0.2, 0) is 4.74 Å². The highest BCUT2D eigenvalue weighted by Gasteiger charge is 2.28. The first-order valence-corrected chi connectivity index (χ1v) is 6.90. The fraction of sp³-hybridized carbons (Fsp3) is 0.929. The van der Waals surface area contributed by atoms with Gasteiger partial charge in [-0.1, -0.05) is 0 Å². The Morgan fingerprint density at radius 3 is 2.17 bits per heavy atom. The molecule has 106 valence electrons. The lowest BCUT2D eigenvalue weighted by Crippen LogP contribution is -2.48. The van der Waals surface area contributed by atoms with Crippen molar-refractivity contribution in [3.63, 3.8) is 0 Å². The van der Waals surface area contributed by atoms with E-state index in [-0.39, 0.29) is 6.09 Å². The molecule has 18 heavy (non-hydrogen) atoms. The number of likely N-dealkylation sites (tertiary alicyclic amines) is 1. The Bertz CT molecular complexity index is 276. The monoisotopic (exact) mass is 256 g/mol. The third-order valence-corrected chi connectivity index (χ3v) is 3.46. The smallest absolute Gasteiger partial charge is 0.410 e. The number of hydrogen-bond acceptors (Lipinski definition) is 3. The highest BCUT2D eigenvalue weighted by molar-refractivity contribution is 5.68. The van der Waals surface area contributed by atoms with Crippen LogP contribution in [0.3, 0.4) is 0 Å². The van der Waals surface area contributed by atoms with Crippen LogP contribution >= 0.6 is 0 Å². The van der Waals surface area contributed by atoms with Crippen molar-refractivity contribution in [1.29, 1.82) is 0 Å². The summed E-state index contributed by atoms with van der Waals surface area (Å²) in [5.41, 5.74) is -0.413. The number of hydrogen-bond donors (Lipinski definition) is 0. The molecule has 0 bridgehead atoms. The summed E-state index contributed by atoms with van der Waals surface area (Å²) in [7, 11) is 1.85. The Morgan fingerprint density at radius 1 is 1.28 bits per heavy atom. The molecule has 1 amide bonds. The average Bonchev–Trinajstić information content (AvgIpc) is 2.26. The molecule has 1 fully saturated rings. The van der Waals surface area contributed by atoms with Crippen LogP contribution in [0.4, 0.5) is 4.79 Å². The Morgan fingerprint density at radius 2 is 1.78 bits per heavy atom. The minimum atomic E-state index is -0.413. The van der Waals surface area contributed by atoms with E-state index in [1.54, 1.807) is 4.90 Å². The zero-order chi connectivity index (χ0) is 13.9. The molecule has 0 saturated carbocycles. The molecule has 1 saturated heterocycles. The highest BCUT2D eigenvalue weighted by atomic mass is 16.6. The second kappa shape index (κ2) is 5.91. The van der Waals surface area contributed by atoms with Gasteiger partial charge in [0, 0.05) is 32.2 Å². The SMILES string of the molecule is CC(C)N1CCC(N(C)C(=O)OC(C)(C)C)CC1. The second-order valence-electron chi connectivity index (χ2n) is 6.45. The molecular formula is C14H28N2O2. The number of nitrogens with zero attached hydrogens (tertiary/aromatic N) is 2. The van der Waals surface area contributed by atoms with Crippen molar-refractivity contribution in [1.82, 2.24) is 9.80 Å². The largest absolute Gasteiger partial charge is 0.444 e. The number of ether oxygens (including phenoxy) is 1. The van der Waals surface area contributed by atoms with E-state index < -0.39 is 5.60 Å². The van der Waals surface area contributed by atoms with Gasteiger partial charge in [0.1, 0.15) is 5.60 Å². The lowest BCUT2D eigenvalue weighted by molar-refractivity contribution is 0.0139. The van der Waals surface area contributed by atoms with Crippen molar-refractivity contribution >= 4 is 6.09 Å². The van der Waals surface area contributed by atoms with Gasteiger partial charge in [0.05, 0.1) is 0 Å². The topological polar surface area (TPSA) is 32.8 Å². The molecule has 0 spiro atoms. The maximum Gasteiger partial charge on any atom is 0.410 e. The Balaban J connectivity index is 2.45. The molecule has 0 N–H and O–H groups in total. The molecule has 0 aromatic rings. The van der Waals surface area contributed by atoms with Crippen LogP contribution in [0.2, 0.25) is 0 Å². The number of rotatable bonds is 2. The van der Waals surface area contributed by atoms with Gasteiger partial charge in [0.2, 0.25) is 0 Å². The number of amides is 1. The molecule has 1 heterocycles. The molecule has 0 aromatic heterocycles. The van der Waals surface area contributed by atoms with Crippen LogP contribution in [0.25, 0.3) is 0 Å². The summed E-state index contributed by atoms with van der Waals surface area (Å²) >= 11 is 0. The van der Waals surface area contributed by atoms with Crippen molar-refractivity contribution in [2.24, 2.45) is 0 Å². The molecule has 0 atom stereocenters. The van der Waals surface area contributed by atoms with E-state index in [0.29, 0.717) is 12.1 Å². The van der Waals surface area contributed by atoms with Gasteiger partial charge in [-0.15, -0.1) is 0 Å². The number of piperidine rings is 1. The van der Waals surface area contributed by atoms with Gasteiger partial charge >= 0.3 is 6.09 Å². The summed E-state index contributed by atoms with van der Waals surface area (Å²) in [6.45, 7) is 12.3. The Labute approximate surface area is 111 Å². The minimum absolute atomic E-state index is 0.203. The summed E-state index contributed by atoms with van der Waals surface area (Å²) in [6.07, 6.45) is 1.87. The van der Waals surface area contributed by atoms with Crippen LogP contribution in [0.5, 0.6) is 0 Å². The summed E-state index contributed by atoms with van der Waals surface area (Å²) < 4.78 is 5.40. The quantitative estimate of drug-likeness (QED) is 0.761. The molecule has 4 heteroatoms. The van der Waals surface area contributed by atoms with Crippen LogP contribution in [-0.4, -0.2) is 53.7 Å². The van der Waals surface area contributed by atoms with Gasteiger partial charge in [-0.25, -0.2) is 4.79 Å². The third-order valence-electron chi connectivity index (χ3n) is 3.46. The van der Waals surface area contributed by atoms with E-state index in [1.165, 1.54) is 0 Å². The first-order valence-electron chi connectivity index (χ1n) is 6.90. The summed E-state index contributed by atoms with van der Waals surface area (Å²) in [6, 6.07) is 0.910. The molecule has 4 nitrogen and oxygen atoms in total. The van der Waals surface area contributed by atoms with Crippen LogP contribution in [0.1, 0.15) is 47.5 Å². The van der Waals surface area contributed by atoms with Gasteiger partial charge in [0.25, 0.3) is 0 Å². The van der Waals surface area contributed by atoms with E-state index in [4.69, 9.17) is 4.74 Å². The minimum Gasteiger partial charge on any atom is -0.444 e. The Hall–Kier alpha value is -0.770. The van der Waals surface area contributed by atoms with Crippen molar-refractivity contribution < 1.29 is 9.53 Å². The summed E-state index contributed by atoms with van der Waals surface area (Å²) in [5, 5.41) is 0. The predicted octanol–water partition coefficient (Wildman–Crippen LogP) is 2.73. The van der Waals surface area contributed by atoms with E-state index in [1.807, 2.05) is 27.8 Å². The fourth-order valence-electron chi connectivity index (χ4n) is 2.27. The van der Waals surface area contributed by atoms with Gasteiger partial charge in [-0.3, -0.25) is 0 Å². The van der Waals surface area contributed by atoms with Crippen LogP contribution in [0.15, 0.2) is 0 Å². The molecular weight excluding hydrogens is 228 g/mol. The number of carbonyl (C=O) groups is 1. The van der Waals surface area contributed by atoms with E-state index in [0.717, 1.165) is 25.9 Å². The van der Waals surface area contributed by atoms with Crippen molar-refractivity contribution in [3.05, 3.63) is 0 Å². The fourth-order valence-corrected chi connectivity index (χ4v) is 2.27. The highest BCUT2D eigenvalue weighted by Crippen LogP contribution is 2.19. The number of carbonyl (C=O) groups excluding carboxylic acids is 1. The van der Waals surface area contributed by atoms with Crippen molar-refractivity contribution in [2.45, 2.75) is 65.1 Å². The lowest BCUT2D eigenvalue weighted by Gasteiger charge is -2.38. The summed E-state index contributed by atoms with van der Waals surface area (Å²) in [5.74, 6) is 0. The normalized spacial score (nSPS) is 19.1. The van der Waals surface area contributed by atoms with Gasteiger partial charge in [-0.2, -0.15) is 0 Å². The Kier molecular flexibility index (Phi) is 5.02. The van der Waals surface area contributed by atoms with E-state index in [2.05, 4.69) is 18.7 Å². The molecule has 0 unspecified atom stereocenters. The molecule has 1 aliphatic heterocycles. The molecule has 0 aromatic carbocycles. The van der Waals surface area contributed by atoms with Crippen molar-refractivity contribution in [2.75, 3.05) is 20.1 Å². The van der Waals surface area contributed by atoms with E-state index >= 15 is 0 Å².